The van der Waals surface area contributed by atoms with E-state index in [9.17, 15) is 4.79 Å². The molecule has 1 aliphatic rings. The number of fused-ring (bicyclic) bond motifs is 1. The van der Waals surface area contributed by atoms with Gasteiger partial charge in [-0.25, -0.2) is 0 Å². The molecular weight excluding hydrogens is 374 g/mol. The monoisotopic (exact) mass is 395 g/mol. The van der Waals surface area contributed by atoms with E-state index in [1.165, 1.54) is 11.1 Å². The summed E-state index contributed by atoms with van der Waals surface area (Å²) in [4.78, 5) is 12.3. The first-order chi connectivity index (χ1) is 13.7. The molecule has 0 saturated heterocycles. The van der Waals surface area contributed by atoms with E-state index in [0.717, 1.165) is 24.2 Å². The van der Waals surface area contributed by atoms with Crippen molar-refractivity contribution in [2.24, 2.45) is 0 Å². The summed E-state index contributed by atoms with van der Waals surface area (Å²) in [7, 11) is 0. The first-order valence-electron chi connectivity index (χ1n) is 9.41. The van der Waals surface area contributed by atoms with E-state index in [1.807, 2.05) is 41.1 Å². The van der Waals surface area contributed by atoms with Crippen molar-refractivity contribution in [1.29, 1.82) is 0 Å². The minimum absolute atomic E-state index is 0.0764. The van der Waals surface area contributed by atoms with Crippen molar-refractivity contribution in [2.45, 2.75) is 25.5 Å². The first kappa shape index (κ1) is 18.7. The Morgan fingerprint density at radius 1 is 1.18 bits per heavy atom. The minimum atomic E-state index is -0.226. The van der Waals surface area contributed by atoms with Gasteiger partial charge in [0.1, 0.15) is 6.10 Å². The van der Waals surface area contributed by atoms with Gasteiger partial charge in [-0.15, -0.1) is 0 Å². The lowest BCUT2D eigenvalue weighted by atomic mass is 10.1. The van der Waals surface area contributed by atoms with E-state index in [1.54, 1.807) is 6.07 Å². The Balaban J connectivity index is 1.39. The van der Waals surface area contributed by atoms with Crippen molar-refractivity contribution in [3.05, 3.63) is 88.2 Å². The zero-order valence-corrected chi connectivity index (χ0v) is 16.2. The molecule has 0 bridgehead atoms. The van der Waals surface area contributed by atoms with Crippen LogP contribution in [-0.2, 0) is 28.9 Å². The third-order valence-electron chi connectivity index (χ3n) is 4.85. The maximum absolute atomic E-state index is 12.3. The summed E-state index contributed by atoms with van der Waals surface area (Å²) in [5.41, 5.74) is 4.12. The van der Waals surface area contributed by atoms with Crippen LogP contribution in [0.25, 0.3) is 0 Å². The summed E-state index contributed by atoms with van der Waals surface area (Å²) in [6.07, 6.45) is 2.95. The Bertz CT molecular complexity index is 955. The number of rotatable bonds is 6. The van der Waals surface area contributed by atoms with Crippen molar-refractivity contribution in [3.8, 4) is 0 Å². The number of nitrogens with zero attached hydrogens (tertiary/aromatic N) is 2. The molecule has 4 rings (SSSR count). The molecule has 1 aliphatic heterocycles. The smallest absolute Gasteiger partial charge is 0.224 e. The molecule has 0 radical (unpaired) electrons. The van der Waals surface area contributed by atoms with Crippen LogP contribution in [0.1, 0.15) is 28.5 Å². The number of nitrogens with one attached hydrogen (secondary N) is 1. The highest BCUT2D eigenvalue weighted by molar-refractivity contribution is 6.31. The highest BCUT2D eigenvalue weighted by Gasteiger charge is 2.25. The second kappa shape index (κ2) is 8.59. The normalized spacial score (nSPS) is 15.8. The average Bonchev–Trinajstić information content (AvgIpc) is 3.12. The third kappa shape index (κ3) is 4.43. The largest absolute Gasteiger partial charge is 0.370 e. The van der Waals surface area contributed by atoms with Crippen LogP contribution >= 0.6 is 11.6 Å². The summed E-state index contributed by atoms with van der Waals surface area (Å²) < 4.78 is 7.83. The highest BCUT2D eigenvalue weighted by atomic mass is 35.5. The van der Waals surface area contributed by atoms with Gasteiger partial charge >= 0.3 is 0 Å². The van der Waals surface area contributed by atoms with Gasteiger partial charge in [-0.05, 0) is 29.2 Å². The molecule has 0 spiro atoms. The van der Waals surface area contributed by atoms with Gasteiger partial charge in [0, 0.05) is 17.8 Å². The van der Waals surface area contributed by atoms with E-state index in [2.05, 4.69) is 23.6 Å². The van der Waals surface area contributed by atoms with Gasteiger partial charge in [0.2, 0.25) is 5.91 Å². The van der Waals surface area contributed by atoms with Crippen molar-refractivity contribution in [1.82, 2.24) is 15.1 Å². The maximum Gasteiger partial charge on any atom is 0.224 e. The number of carbonyl (C=O) groups is 1. The lowest BCUT2D eigenvalue weighted by Crippen LogP contribution is -2.32. The van der Waals surface area contributed by atoms with Crippen LogP contribution in [0.4, 0.5) is 0 Å². The van der Waals surface area contributed by atoms with Gasteiger partial charge < -0.3 is 10.1 Å². The van der Waals surface area contributed by atoms with Crippen LogP contribution in [0.2, 0.25) is 5.02 Å². The van der Waals surface area contributed by atoms with E-state index >= 15 is 0 Å². The standard InChI is InChI=1S/C22H22ClN3O2/c23-19-9-5-4-8-17(19)12-21(27)24-13-20-22-18(10-11-28-20)15-26(25-22)14-16-6-2-1-3-7-16/h1-9,15,20H,10-14H2,(H,24,27)/t20-/m1/s1. The van der Waals surface area contributed by atoms with E-state index in [-0.39, 0.29) is 18.4 Å². The Morgan fingerprint density at radius 2 is 1.96 bits per heavy atom. The van der Waals surface area contributed by atoms with Gasteiger partial charge in [-0.2, -0.15) is 5.10 Å². The number of ether oxygens (including phenoxy) is 1. The molecule has 1 atom stereocenters. The number of hydrogen-bond donors (Lipinski definition) is 1. The molecule has 2 heterocycles. The second-order valence-corrected chi connectivity index (χ2v) is 7.31. The molecule has 28 heavy (non-hydrogen) atoms. The molecule has 1 aromatic heterocycles. The molecule has 5 nitrogen and oxygen atoms in total. The summed E-state index contributed by atoms with van der Waals surface area (Å²) in [5.74, 6) is -0.0764. The Kier molecular flexibility index (Phi) is 5.74. The Hall–Kier alpha value is -2.63. The van der Waals surface area contributed by atoms with Crippen LogP contribution in [-0.4, -0.2) is 28.8 Å². The van der Waals surface area contributed by atoms with Gasteiger partial charge in [-0.3, -0.25) is 9.48 Å². The maximum atomic E-state index is 12.3. The molecule has 144 valence electrons. The number of halogens is 1. The van der Waals surface area contributed by atoms with Crippen LogP contribution in [0.5, 0.6) is 0 Å². The molecule has 1 amide bonds. The molecule has 0 aliphatic carbocycles. The molecule has 6 heteroatoms. The highest BCUT2D eigenvalue weighted by Crippen LogP contribution is 2.25. The molecule has 2 aromatic carbocycles. The first-order valence-corrected chi connectivity index (χ1v) is 9.78. The van der Waals surface area contributed by atoms with Gasteiger partial charge in [0.15, 0.2) is 0 Å². The predicted octanol–water partition coefficient (Wildman–Crippen LogP) is 3.56. The Labute approximate surface area is 169 Å². The molecule has 3 aromatic rings. The van der Waals surface area contributed by atoms with Gasteiger partial charge in [0.25, 0.3) is 0 Å². The fraction of sp³-hybridized carbons (Fsp3) is 0.273. The zero-order chi connectivity index (χ0) is 19.3. The Morgan fingerprint density at radius 3 is 2.79 bits per heavy atom. The predicted molar refractivity (Wildman–Crippen MR) is 108 cm³/mol. The van der Waals surface area contributed by atoms with Crippen LogP contribution in [0, 0.1) is 0 Å². The number of hydrogen-bond acceptors (Lipinski definition) is 3. The fourth-order valence-corrected chi connectivity index (χ4v) is 3.62. The summed E-state index contributed by atoms with van der Waals surface area (Å²) in [6.45, 7) is 1.76. The van der Waals surface area contributed by atoms with E-state index in [4.69, 9.17) is 21.4 Å². The summed E-state index contributed by atoms with van der Waals surface area (Å²) in [5, 5.41) is 8.28. The van der Waals surface area contributed by atoms with Crippen LogP contribution in [0.3, 0.4) is 0 Å². The van der Waals surface area contributed by atoms with Crippen molar-refractivity contribution >= 4 is 17.5 Å². The number of aromatic nitrogens is 2. The van der Waals surface area contributed by atoms with Gasteiger partial charge in [-0.1, -0.05) is 60.1 Å². The zero-order valence-electron chi connectivity index (χ0n) is 15.5. The number of amides is 1. The second-order valence-electron chi connectivity index (χ2n) is 6.90. The topological polar surface area (TPSA) is 56.1 Å². The SMILES string of the molecule is O=C(Cc1ccccc1Cl)NC[C@H]1OCCc2cn(Cc3ccccc3)nc21. The summed E-state index contributed by atoms with van der Waals surface area (Å²) >= 11 is 6.14. The average molecular weight is 396 g/mol. The van der Waals surface area contributed by atoms with Crippen molar-refractivity contribution < 1.29 is 9.53 Å². The quantitative estimate of drug-likeness (QED) is 0.694. The van der Waals surface area contributed by atoms with Crippen molar-refractivity contribution in [3.63, 3.8) is 0 Å². The van der Waals surface area contributed by atoms with Crippen molar-refractivity contribution in [2.75, 3.05) is 13.2 Å². The third-order valence-corrected chi connectivity index (χ3v) is 5.22. The molecule has 1 N–H and O–H groups in total. The van der Waals surface area contributed by atoms with Crippen LogP contribution < -0.4 is 5.32 Å². The number of benzene rings is 2. The lowest BCUT2D eigenvalue weighted by Gasteiger charge is -2.22. The van der Waals surface area contributed by atoms with Gasteiger partial charge in [0.05, 0.1) is 25.3 Å². The van der Waals surface area contributed by atoms with Crippen LogP contribution in [0.15, 0.2) is 60.8 Å². The molecule has 0 unspecified atom stereocenters. The number of carbonyl (C=O) groups excluding carboxylic acids is 1. The summed E-state index contributed by atoms with van der Waals surface area (Å²) in [6, 6.07) is 17.6. The molecule has 0 fully saturated rings. The van der Waals surface area contributed by atoms with E-state index < -0.39 is 0 Å². The van der Waals surface area contributed by atoms with E-state index in [0.29, 0.717) is 18.2 Å². The lowest BCUT2D eigenvalue weighted by molar-refractivity contribution is -0.121. The molecular formula is C22H22ClN3O2. The fourth-order valence-electron chi connectivity index (χ4n) is 3.42. The molecule has 0 saturated carbocycles. The minimum Gasteiger partial charge on any atom is -0.370 e.